The molecule has 0 aliphatic heterocycles. The molecule has 0 radical (unpaired) electrons. The van der Waals surface area contributed by atoms with Crippen molar-refractivity contribution in [3.05, 3.63) is 211 Å². The highest BCUT2D eigenvalue weighted by Gasteiger charge is 2.19. The molecule has 1 aromatic heterocycles. The van der Waals surface area contributed by atoms with Crippen molar-refractivity contribution in [2.45, 2.75) is 0 Å². The second kappa shape index (κ2) is 13.5. The van der Waals surface area contributed by atoms with Crippen molar-refractivity contribution in [1.29, 1.82) is 5.41 Å². The minimum atomic E-state index is 0.228. The molecule has 57 heavy (non-hydrogen) atoms. The lowest BCUT2D eigenvalue weighted by Crippen LogP contribution is -2.03. The van der Waals surface area contributed by atoms with Crippen LogP contribution in [-0.4, -0.2) is 11.5 Å². The van der Waals surface area contributed by atoms with Crippen LogP contribution in [0.1, 0.15) is 16.7 Å². The van der Waals surface area contributed by atoms with Gasteiger partial charge in [0.15, 0.2) is 5.84 Å². The molecule has 0 atom stereocenters. The summed E-state index contributed by atoms with van der Waals surface area (Å²) in [6.07, 6.45) is 4.33. The highest BCUT2D eigenvalue weighted by Crippen LogP contribution is 2.46. The summed E-state index contributed by atoms with van der Waals surface area (Å²) in [4.78, 5) is 5.04. The molecule has 0 spiro atoms. The lowest BCUT2D eigenvalue weighted by molar-refractivity contribution is 1.41. The molecule has 0 fully saturated rings. The molecule has 0 saturated heterocycles. The average Bonchev–Trinajstić information content (AvgIpc) is 3.65. The molecular weight excluding hydrogens is 709 g/mol. The van der Waals surface area contributed by atoms with E-state index in [1.807, 2.05) is 30.3 Å². The maximum atomic E-state index is 9.11. The SMILES string of the molecule is N=C(N=C(/C=C/c1c2ccccc2c(-c2c3ccccc3cc3c2ccc2ccccc23)c2ccccc12)c1ccc2sc3ccccc3c2c1)c1ccccc1. The van der Waals surface area contributed by atoms with Crippen LogP contribution in [0.2, 0.25) is 0 Å². The standard InChI is InChI=1S/C54H34N2S/c55-54(35-15-2-1-3-16-35)56-49(37-27-31-51-48(33-37)43-22-12-13-25-50(43)57-51)30-29-42-40-20-8-10-23-44(40)53(45-24-11-9-21-41(42)45)52-39-19-7-5-17-36(39)32-47-38-18-6-4-14-34(38)26-28-46(47)52/h1-33,55H/b30-29+,55-54?,56-49?. The summed E-state index contributed by atoms with van der Waals surface area (Å²) in [5, 5.41) is 23.8. The normalized spacial score (nSPS) is 12.3. The molecule has 0 saturated carbocycles. The molecule has 0 bridgehead atoms. The highest BCUT2D eigenvalue weighted by molar-refractivity contribution is 7.25. The van der Waals surface area contributed by atoms with E-state index in [0.717, 1.165) is 22.4 Å². The maximum Gasteiger partial charge on any atom is 0.152 e. The summed E-state index contributed by atoms with van der Waals surface area (Å²) in [6.45, 7) is 0. The first-order valence-corrected chi connectivity index (χ1v) is 20.1. The number of hydrogen-bond acceptors (Lipinski definition) is 2. The number of amidine groups is 1. The van der Waals surface area contributed by atoms with Gasteiger partial charge in [-0.1, -0.05) is 170 Å². The fourth-order valence-electron chi connectivity index (χ4n) is 8.73. The first-order valence-electron chi connectivity index (χ1n) is 19.3. The number of hydrogen-bond donors (Lipinski definition) is 1. The van der Waals surface area contributed by atoms with Gasteiger partial charge in [0.2, 0.25) is 0 Å². The number of aliphatic imine (C=N–C) groups is 1. The number of nitrogens with one attached hydrogen (secondary N) is 1. The zero-order valence-corrected chi connectivity index (χ0v) is 31.7. The molecule has 1 N–H and O–H groups in total. The van der Waals surface area contributed by atoms with Gasteiger partial charge in [-0.05, 0) is 101 Å². The molecule has 1 heterocycles. The molecular formula is C54H34N2S. The molecule has 11 aromatic rings. The van der Waals surface area contributed by atoms with Crippen molar-refractivity contribution in [2.24, 2.45) is 4.99 Å². The molecule has 11 rings (SSSR count). The molecule has 2 nitrogen and oxygen atoms in total. The molecule has 0 unspecified atom stereocenters. The first kappa shape index (κ1) is 33.2. The summed E-state index contributed by atoms with van der Waals surface area (Å²) < 4.78 is 2.50. The van der Waals surface area contributed by atoms with Crippen LogP contribution < -0.4 is 0 Å². The maximum absolute atomic E-state index is 9.11. The van der Waals surface area contributed by atoms with E-state index in [4.69, 9.17) is 10.4 Å². The van der Waals surface area contributed by atoms with Gasteiger partial charge >= 0.3 is 0 Å². The highest BCUT2D eigenvalue weighted by atomic mass is 32.1. The lowest BCUT2D eigenvalue weighted by Gasteiger charge is -2.20. The topological polar surface area (TPSA) is 36.2 Å². The number of thiophene rings is 1. The van der Waals surface area contributed by atoms with E-state index >= 15 is 0 Å². The molecule has 0 aliphatic rings. The van der Waals surface area contributed by atoms with Gasteiger partial charge in [0, 0.05) is 31.3 Å². The Balaban J connectivity index is 1.17. The molecule has 266 valence electrons. The third-order valence-corrected chi connectivity index (χ3v) is 12.5. The van der Waals surface area contributed by atoms with Crippen molar-refractivity contribution >= 4 is 103 Å². The Hall–Kier alpha value is -7.20. The Morgan fingerprint density at radius 1 is 0.404 bits per heavy atom. The Morgan fingerprint density at radius 2 is 0.965 bits per heavy atom. The fourth-order valence-corrected chi connectivity index (χ4v) is 9.81. The van der Waals surface area contributed by atoms with Gasteiger partial charge in [-0.3, -0.25) is 5.41 Å². The second-order valence-corrected chi connectivity index (χ2v) is 15.7. The van der Waals surface area contributed by atoms with Crippen molar-refractivity contribution in [2.75, 3.05) is 0 Å². The molecule has 3 heteroatoms. The van der Waals surface area contributed by atoms with E-state index in [1.54, 1.807) is 11.3 Å². The van der Waals surface area contributed by atoms with Gasteiger partial charge in [-0.2, -0.15) is 0 Å². The summed E-state index contributed by atoms with van der Waals surface area (Å²) in [5.41, 5.74) is 6.12. The molecule has 0 aliphatic carbocycles. The second-order valence-electron chi connectivity index (χ2n) is 14.6. The number of allylic oxidation sites excluding steroid dienone is 1. The van der Waals surface area contributed by atoms with E-state index < -0.39 is 0 Å². The van der Waals surface area contributed by atoms with Crippen LogP contribution in [0, 0.1) is 5.41 Å². The zero-order chi connectivity index (χ0) is 37.9. The summed E-state index contributed by atoms with van der Waals surface area (Å²) in [5.74, 6) is 0.228. The number of fused-ring (bicyclic) bond motifs is 9. The predicted octanol–water partition coefficient (Wildman–Crippen LogP) is 15.0. The number of benzene rings is 10. The monoisotopic (exact) mass is 742 g/mol. The van der Waals surface area contributed by atoms with Crippen molar-refractivity contribution in [3.8, 4) is 11.1 Å². The summed E-state index contributed by atoms with van der Waals surface area (Å²) >= 11 is 1.81. The van der Waals surface area contributed by atoms with Crippen LogP contribution in [0.15, 0.2) is 199 Å². The van der Waals surface area contributed by atoms with E-state index in [0.29, 0.717) is 0 Å². The van der Waals surface area contributed by atoms with Gasteiger partial charge in [0.1, 0.15) is 0 Å². The van der Waals surface area contributed by atoms with Crippen LogP contribution >= 0.6 is 11.3 Å². The third-order valence-electron chi connectivity index (χ3n) is 11.4. The Labute approximate surface area is 333 Å². The van der Waals surface area contributed by atoms with Gasteiger partial charge < -0.3 is 0 Å². The predicted molar refractivity (Wildman–Crippen MR) is 248 cm³/mol. The van der Waals surface area contributed by atoms with Crippen LogP contribution in [0.4, 0.5) is 0 Å². The summed E-state index contributed by atoms with van der Waals surface area (Å²) in [7, 11) is 0. The van der Waals surface area contributed by atoms with Gasteiger partial charge in [0.25, 0.3) is 0 Å². The molecule has 10 aromatic carbocycles. The first-order chi connectivity index (χ1) is 28.2. The Bertz CT molecular complexity index is 3420. The van der Waals surface area contributed by atoms with E-state index in [2.05, 4.69) is 170 Å². The van der Waals surface area contributed by atoms with Gasteiger partial charge in [-0.25, -0.2) is 4.99 Å². The van der Waals surface area contributed by atoms with E-state index in [-0.39, 0.29) is 5.84 Å². The summed E-state index contributed by atoms with van der Waals surface area (Å²) in [6, 6.07) is 67.1. The van der Waals surface area contributed by atoms with Crippen LogP contribution in [0.3, 0.4) is 0 Å². The van der Waals surface area contributed by atoms with Crippen molar-refractivity contribution < 1.29 is 0 Å². The minimum Gasteiger partial charge on any atom is -0.282 e. The smallest absolute Gasteiger partial charge is 0.152 e. The number of nitrogens with zero attached hydrogens (tertiary/aromatic N) is 1. The van der Waals surface area contributed by atoms with Crippen LogP contribution in [0.25, 0.3) is 91.2 Å². The average molecular weight is 743 g/mol. The van der Waals surface area contributed by atoms with Gasteiger partial charge in [0.05, 0.1) is 5.71 Å². The van der Waals surface area contributed by atoms with Gasteiger partial charge in [-0.15, -0.1) is 11.3 Å². The zero-order valence-electron chi connectivity index (χ0n) is 30.9. The van der Waals surface area contributed by atoms with E-state index in [1.165, 1.54) is 85.2 Å². The Kier molecular flexibility index (Phi) is 7.87. The lowest BCUT2D eigenvalue weighted by atomic mass is 9.83. The number of rotatable bonds is 5. The van der Waals surface area contributed by atoms with E-state index in [9.17, 15) is 0 Å². The molecule has 0 amide bonds. The fraction of sp³-hybridized carbons (Fsp3) is 0. The van der Waals surface area contributed by atoms with Crippen LogP contribution in [-0.2, 0) is 0 Å². The van der Waals surface area contributed by atoms with Crippen molar-refractivity contribution in [1.82, 2.24) is 0 Å². The van der Waals surface area contributed by atoms with Crippen molar-refractivity contribution in [3.63, 3.8) is 0 Å². The quantitative estimate of drug-likeness (QED) is 0.0789. The Morgan fingerprint density at radius 3 is 1.72 bits per heavy atom. The minimum absolute atomic E-state index is 0.228. The third kappa shape index (κ3) is 5.55. The largest absolute Gasteiger partial charge is 0.282 e. The van der Waals surface area contributed by atoms with Crippen LogP contribution in [0.5, 0.6) is 0 Å².